The smallest absolute Gasteiger partial charge is 0.241 e. The zero-order valence-corrected chi connectivity index (χ0v) is 17.5. The Kier molecular flexibility index (Phi) is 7.68. The summed E-state index contributed by atoms with van der Waals surface area (Å²) in [7, 11) is -3.58. The summed E-state index contributed by atoms with van der Waals surface area (Å²) in [6.07, 6.45) is 6.39. The van der Waals surface area contributed by atoms with Crippen molar-refractivity contribution < 1.29 is 13.2 Å². The van der Waals surface area contributed by atoms with Crippen LogP contribution in [0.5, 0.6) is 0 Å². The second-order valence-electron chi connectivity index (χ2n) is 7.55. The Bertz CT molecular complexity index is 742. The van der Waals surface area contributed by atoms with Gasteiger partial charge in [0, 0.05) is 17.8 Å². The van der Waals surface area contributed by atoms with Gasteiger partial charge in [-0.3, -0.25) is 4.79 Å². The van der Waals surface area contributed by atoms with E-state index in [0.717, 1.165) is 12.8 Å². The molecule has 1 heterocycles. The quantitative estimate of drug-likeness (QED) is 0.666. The Hall–Kier alpha value is -1.15. The minimum absolute atomic E-state index is 0. The Morgan fingerprint density at radius 1 is 1.30 bits per heavy atom. The molecule has 2 fully saturated rings. The Morgan fingerprint density at radius 3 is 2.74 bits per heavy atom. The van der Waals surface area contributed by atoms with Crippen molar-refractivity contribution in [1.82, 2.24) is 10.0 Å². The van der Waals surface area contributed by atoms with E-state index in [2.05, 4.69) is 15.4 Å². The minimum Gasteiger partial charge on any atom is -0.325 e. The number of benzene rings is 1. The Labute approximate surface area is 168 Å². The van der Waals surface area contributed by atoms with Crippen LogP contribution >= 0.6 is 12.4 Å². The fourth-order valence-electron chi connectivity index (χ4n) is 3.91. The number of rotatable bonds is 6. The maximum absolute atomic E-state index is 12.6. The molecular weight excluding hydrogens is 386 g/mol. The third-order valence-electron chi connectivity index (χ3n) is 5.56. The van der Waals surface area contributed by atoms with Crippen molar-refractivity contribution in [3.63, 3.8) is 0 Å². The summed E-state index contributed by atoms with van der Waals surface area (Å²) in [4.78, 5) is 12.8. The average molecular weight is 416 g/mol. The molecule has 4 atom stereocenters. The molecule has 0 spiro atoms. The number of carbonyl (C=O) groups is 1. The summed E-state index contributed by atoms with van der Waals surface area (Å²) in [6.45, 7) is 3.75. The van der Waals surface area contributed by atoms with E-state index in [4.69, 9.17) is 0 Å². The van der Waals surface area contributed by atoms with E-state index < -0.39 is 10.0 Å². The number of nitrogens with one attached hydrogen (secondary N) is 3. The highest BCUT2D eigenvalue weighted by atomic mass is 35.5. The molecule has 27 heavy (non-hydrogen) atoms. The summed E-state index contributed by atoms with van der Waals surface area (Å²) in [6, 6.07) is 6.56. The van der Waals surface area contributed by atoms with Crippen LogP contribution < -0.4 is 15.4 Å². The van der Waals surface area contributed by atoms with E-state index in [0.29, 0.717) is 24.1 Å². The van der Waals surface area contributed by atoms with E-state index in [-0.39, 0.29) is 35.3 Å². The third kappa shape index (κ3) is 5.44. The van der Waals surface area contributed by atoms with E-state index in [1.807, 2.05) is 13.8 Å². The highest BCUT2D eigenvalue weighted by Gasteiger charge is 2.38. The number of amides is 1. The van der Waals surface area contributed by atoms with Crippen molar-refractivity contribution in [2.75, 3.05) is 5.32 Å². The predicted octanol–water partition coefficient (Wildman–Crippen LogP) is 3.04. The highest BCUT2D eigenvalue weighted by Crippen LogP contribution is 2.33. The third-order valence-corrected chi connectivity index (χ3v) is 7.15. The molecule has 4 unspecified atom stereocenters. The molecule has 0 bridgehead atoms. The minimum atomic E-state index is -3.58. The molecule has 0 radical (unpaired) electrons. The topological polar surface area (TPSA) is 87.3 Å². The van der Waals surface area contributed by atoms with Crippen LogP contribution in [0.25, 0.3) is 0 Å². The van der Waals surface area contributed by atoms with Crippen molar-refractivity contribution in [2.24, 2.45) is 5.92 Å². The van der Waals surface area contributed by atoms with Crippen molar-refractivity contribution in [1.29, 1.82) is 0 Å². The fraction of sp³-hybridized carbons (Fsp3) is 0.632. The van der Waals surface area contributed by atoms with Crippen molar-refractivity contribution in [3.05, 3.63) is 24.3 Å². The number of halogens is 1. The lowest BCUT2D eigenvalue weighted by Crippen LogP contribution is -2.39. The summed E-state index contributed by atoms with van der Waals surface area (Å²) in [5, 5.41) is 6.33. The first-order chi connectivity index (χ1) is 12.4. The first-order valence-corrected chi connectivity index (χ1v) is 11.1. The molecule has 1 aliphatic carbocycles. The molecule has 1 amide bonds. The van der Waals surface area contributed by atoms with Crippen LogP contribution in [0, 0.1) is 5.92 Å². The van der Waals surface area contributed by atoms with Crippen LogP contribution in [0.4, 0.5) is 5.69 Å². The molecule has 6 nitrogen and oxygen atoms in total. The van der Waals surface area contributed by atoms with Crippen LogP contribution in [0.3, 0.4) is 0 Å². The van der Waals surface area contributed by atoms with Gasteiger partial charge < -0.3 is 10.6 Å². The van der Waals surface area contributed by atoms with Crippen LogP contribution in [0.1, 0.15) is 52.4 Å². The lowest BCUT2D eigenvalue weighted by Gasteiger charge is -2.24. The zero-order valence-electron chi connectivity index (χ0n) is 15.9. The van der Waals surface area contributed by atoms with Crippen LogP contribution in [-0.4, -0.2) is 32.5 Å². The van der Waals surface area contributed by atoms with Crippen molar-refractivity contribution in [3.8, 4) is 0 Å². The van der Waals surface area contributed by atoms with Gasteiger partial charge in [0.2, 0.25) is 15.9 Å². The predicted molar refractivity (Wildman–Crippen MR) is 110 cm³/mol. The molecule has 2 aliphatic rings. The molecule has 3 N–H and O–H groups in total. The number of hydrogen-bond acceptors (Lipinski definition) is 4. The number of sulfonamides is 1. The Balaban J connectivity index is 0.00000261. The van der Waals surface area contributed by atoms with Gasteiger partial charge in [0.25, 0.3) is 0 Å². The summed E-state index contributed by atoms with van der Waals surface area (Å²) in [5.74, 6) is 0.509. The normalized spacial score (nSPS) is 25.9. The number of carbonyl (C=O) groups excluding carboxylic acids is 1. The molecular formula is C19H30ClN3O3S. The maximum atomic E-state index is 12.6. The van der Waals surface area contributed by atoms with Gasteiger partial charge in [-0.25, -0.2) is 13.1 Å². The van der Waals surface area contributed by atoms with Gasteiger partial charge in [0.05, 0.1) is 10.9 Å². The van der Waals surface area contributed by atoms with E-state index >= 15 is 0 Å². The van der Waals surface area contributed by atoms with Crippen LogP contribution in [0.15, 0.2) is 29.2 Å². The van der Waals surface area contributed by atoms with E-state index in [1.54, 1.807) is 18.2 Å². The largest absolute Gasteiger partial charge is 0.325 e. The number of hydrogen-bond donors (Lipinski definition) is 3. The van der Waals surface area contributed by atoms with Gasteiger partial charge in [-0.15, -0.1) is 12.4 Å². The molecule has 1 saturated heterocycles. The molecule has 1 saturated carbocycles. The monoisotopic (exact) mass is 415 g/mol. The molecule has 1 aromatic carbocycles. The molecule has 1 aromatic rings. The van der Waals surface area contributed by atoms with Gasteiger partial charge in [0.15, 0.2) is 0 Å². The molecule has 152 valence electrons. The first-order valence-electron chi connectivity index (χ1n) is 9.58. The van der Waals surface area contributed by atoms with Gasteiger partial charge >= 0.3 is 0 Å². The summed E-state index contributed by atoms with van der Waals surface area (Å²) >= 11 is 0. The van der Waals surface area contributed by atoms with Gasteiger partial charge in [0.1, 0.15) is 0 Å². The number of fused-ring (bicyclic) bond motifs is 1. The van der Waals surface area contributed by atoms with Crippen molar-refractivity contribution >= 4 is 34.0 Å². The van der Waals surface area contributed by atoms with Gasteiger partial charge in [-0.1, -0.05) is 25.8 Å². The maximum Gasteiger partial charge on any atom is 0.241 e. The highest BCUT2D eigenvalue weighted by molar-refractivity contribution is 7.89. The summed E-state index contributed by atoms with van der Waals surface area (Å²) in [5.41, 5.74) is 0.513. The van der Waals surface area contributed by atoms with Crippen LogP contribution in [-0.2, 0) is 14.8 Å². The molecule has 3 rings (SSSR count). The molecule has 8 heteroatoms. The van der Waals surface area contributed by atoms with E-state index in [1.165, 1.54) is 25.3 Å². The second kappa shape index (κ2) is 9.37. The van der Waals surface area contributed by atoms with E-state index in [9.17, 15) is 13.2 Å². The zero-order chi connectivity index (χ0) is 18.7. The summed E-state index contributed by atoms with van der Waals surface area (Å²) < 4.78 is 27.5. The number of anilines is 1. The standard InChI is InChI=1S/C19H29N3O3S.ClH/c1-3-13(2)22-26(24,25)16-9-6-8-15(12-16)20-19(23)18-11-14-7-4-5-10-17(14)21-18;/h6,8-9,12-14,17-18,21-22H,3-5,7,10-11H2,1-2H3,(H,20,23);1H. The first kappa shape index (κ1) is 22.1. The molecule has 0 aromatic heterocycles. The molecule has 1 aliphatic heterocycles. The lowest BCUT2D eigenvalue weighted by molar-refractivity contribution is -0.117. The van der Waals surface area contributed by atoms with Crippen LogP contribution in [0.2, 0.25) is 0 Å². The van der Waals surface area contributed by atoms with Crippen molar-refractivity contribution in [2.45, 2.75) is 75.4 Å². The van der Waals surface area contributed by atoms with Gasteiger partial charge in [-0.2, -0.15) is 0 Å². The average Bonchev–Trinajstić information content (AvgIpc) is 3.06. The lowest BCUT2D eigenvalue weighted by atomic mass is 9.85. The second-order valence-corrected chi connectivity index (χ2v) is 9.27. The SMILES string of the molecule is CCC(C)NS(=O)(=O)c1cccc(NC(=O)C2CC3CCCCC3N2)c1.Cl. The van der Waals surface area contributed by atoms with Gasteiger partial charge in [-0.05, 0) is 56.7 Å². The Morgan fingerprint density at radius 2 is 2.04 bits per heavy atom. The fourth-order valence-corrected chi connectivity index (χ4v) is 5.28.